The van der Waals surface area contributed by atoms with Gasteiger partial charge in [0.25, 0.3) is 10.0 Å². The van der Waals surface area contributed by atoms with Crippen LogP contribution in [0.4, 0.5) is 24.5 Å². The molecule has 0 atom stereocenters. The predicted molar refractivity (Wildman–Crippen MR) is 72.7 cm³/mol. The molecule has 4 nitrogen and oxygen atoms in total. The van der Waals surface area contributed by atoms with Gasteiger partial charge in [-0.2, -0.15) is 0 Å². The summed E-state index contributed by atoms with van der Waals surface area (Å²) in [5.41, 5.74) is 4.83. The molecule has 0 heterocycles. The first-order chi connectivity index (χ1) is 9.69. The number of benzene rings is 2. The van der Waals surface area contributed by atoms with E-state index in [1.807, 2.05) is 4.72 Å². The predicted octanol–water partition coefficient (Wildman–Crippen LogP) is 2.80. The highest BCUT2D eigenvalue weighted by Gasteiger charge is 2.19. The van der Waals surface area contributed by atoms with Gasteiger partial charge in [0.2, 0.25) is 0 Å². The van der Waals surface area contributed by atoms with Crippen molar-refractivity contribution in [2.45, 2.75) is 11.8 Å². The van der Waals surface area contributed by atoms with Crippen LogP contribution in [0.2, 0.25) is 0 Å². The summed E-state index contributed by atoms with van der Waals surface area (Å²) in [6.45, 7) is 1.38. The van der Waals surface area contributed by atoms with Crippen molar-refractivity contribution in [1.82, 2.24) is 0 Å². The zero-order valence-corrected chi connectivity index (χ0v) is 11.6. The number of sulfonamides is 1. The molecule has 2 rings (SSSR count). The Morgan fingerprint density at radius 2 is 1.57 bits per heavy atom. The van der Waals surface area contributed by atoms with E-state index in [4.69, 9.17) is 5.73 Å². The second-order valence-electron chi connectivity index (χ2n) is 4.40. The van der Waals surface area contributed by atoms with Crippen molar-refractivity contribution in [1.29, 1.82) is 0 Å². The Balaban J connectivity index is 2.45. The minimum Gasteiger partial charge on any atom is -0.396 e. The molecule has 2 aromatic carbocycles. The van der Waals surface area contributed by atoms with Crippen LogP contribution in [0.3, 0.4) is 0 Å². The van der Waals surface area contributed by atoms with E-state index in [1.54, 1.807) is 0 Å². The number of aryl methyl sites for hydroxylation is 1. The number of nitrogens with one attached hydrogen (secondary N) is 1. The first-order valence-corrected chi connectivity index (χ1v) is 7.22. The topological polar surface area (TPSA) is 72.2 Å². The maximum Gasteiger partial charge on any atom is 0.262 e. The highest BCUT2D eigenvalue weighted by Crippen LogP contribution is 2.24. The van der Waals surface area contributed by atoms with E-state index in [0.29, 0.717) is 6.07 Å². The fourth-order valence-electron chi connectivity index (χ4n) is 1.78. The Bertz CT molecular complexity index is 787. The minimum absolute atomic E-state index is 0.117. The van der Waals surface area contributed by atoms with Gasteiger partial charge in [0, 0.05) is 6.07 Å². The van der Waals surface area contributed by atoms with Gasteiger partial charge in [-0.15, -0.1) is 0 Å². The van der Waals surface area contributed by atoms with Gasteiger partial charge in [-0.3, -0.25) is 4.72 Å². The molecule has 0 radical (unpaired) electrons. The summed E-state index contributed by atoms with van der Waals surface area (Å²) in [6.07, 6.45) is 0. The van der Waals surface area contributed by atoms with Crippen LogP contribution >= 0.6 is 0 Å². The molecule has 0 unspecified atom stereocenters. The number of nitrogens with two attached hydrogens (primary N) is 1. The van der Waals surface area contributed by atoms with Gasteiger partial charge in [0.15, 0.2) is 0 Å². The fraction of sp³-hybridized carbons (Fsp3) is 0.0769. The molecule has 0 saturated heterocycles. The number of halogens is 3. The van der Waals surface area contributed by atoms with Crippen LogP contribution in [0.1, 0.15) is 5.56 Å². The maximum absolute atomic E-state index is 13.2. The fourth-order valence-corrected chi connectivity index (χ4v) is 3.08. The Kier molecular flexibility index (Phi) is 3.82. The number of nitrogen functional groups attached to an aromatic ring is 1. The average Bonchev–Trinajstić information content (AvgIpc) is 2.31. The van der Waals surface area contributed by atoms with Crippen molar-refractivity contribution >= 4 is 21.4 Å². The normalized spacial score (nSPS) is 11.4. The van der Waals surface area contributed by atoms with Crippen molar-refractivity contribution < 1.29 is 21.6 Å². The van der Waals surface area contributed by atoms with Crippen LogP contribution in [-0.2, 0) is 10.0 Å². The molecule has 8 heteroatoms. The van der Waals surface area contributed by atoms with Crippen molar-refractivity contribution in [3.05, 3.63) is 53.3 Å². The van der Waals surface area contributed by atoms with Crippen LogP contribution in [-0.4, -0.2) is 8.42 Å². The van der Waals surface area contributed by atoms with Gasteiger partial charge < -0.3 is 5.73 Å². The lowest BCUT2D eigenvalue weighted by Crippen LogP contribution is -2.15. The third-order valence-corrected chi connectivity index (χ3v) is 4.22. The highest BCUT2D eigenvalue weighted by atomic mass is 32.2. The van der Waals surface area contributed by atoms with Gasteiger partial charge in [-0.05, 0) is 36.8 Å². The molecular formula is C13H11F3N2O2S. The van der Waals surface area contributed by atoms with Crippen LogP contribution in [0.15, 0.2) is 35.2 Å². The number of anilines is 2. The lowest BCUT2D eigenvalue weighted by Gasteiger charge is -2.11. The van der Waals surface area contributed by atoms with E-state index in [0.717, 1.165) is 24.3 Å². The summed E-state index contributed by atoms with van der Waals surface area (Å²) in [4.78, 5) is -0.272. The summed E-state index contributed by atoms with van der Waals surface area (Å²) in [6, 6.07) is 4.17. The molecule has 21 heavy (non-hydrogen) atoms. The van der Waals surface area contributed by atoms with Crippen molar-refractivity contribution in [3.8, 4) is 0 Å². The van der Waals surface area contributed by atoms with Crippen LogP contribution in [0.25, 0.3) is 0 Å². The van der Waals surface area contributed by atoms with E-state index >= 15 is 0 Å². The standard InChI is InChI=1S/C13H11F3N2O2S/c1-7-2-11(16)12(17)6-13(7)21(19,20)18-10-4-8(14)3-9(15)5-10/h2-6,18H,17H2,1H3. The van der Waals surface area contributed by atoms with Gasteiger partial charge in [-0.1, -0.05) is 0 Å². The molecule has 0 saturated carbocycles. The van der Waals surface area contributed by atoms with Gasteiger partial charge >= 0.3 is 0 Å². The maximum atomic E-state index is 13.2. The number of rotatable bonds is 3. The highest BCUT2D eigenvalue weighted by molar-refractivity contribution is 7.92. The molecule has 112 valence electrons. The SMILES string of the molecule is Cc1cc(F)c(N)cc1S(=O)(=O)Nc1cc(F)cc(F)c1. The first-order valence-electron chi connectivity index (χ1n) is 5.73. The van der Waals surface area contributed by atoms with E-state index in [9.17, 15) is 21.6 Å². The number of hydrogen-bond donors (Lipinski definition) is 2. The molecule has 2 aromatic rings. The first kappa shape index (κ1) is 15.2. The Morgan fingerprint density at radius 1 is 1.00 bits per heavy atom. The molecular weight excluding hydrogens is 305 g/mol. The summed E-state index contributed by atoms with van der Waals surface area (Å²) >= 11 is 0. The molecule has 0 aliphatic heterocycles. The monoisotopic (exact) mass is 316 g/mol. The lowest BCUT2D eigenvalue weighted by molar-refractivity contribution is 0.584. The minimum atomic E-state index is -4.15. The van der Waals surface area contributed by atoms with Crippen molar-refractivity contribution in [2.75, 3.05) is 10.5 Å². The average molecular weight is 316 g/mol. The molecule has 0 aromatic heterocycles. The molecule has 0 fully saturated rings. The van der Waals surface area contributed by atoms with E-state index < -0.39 is 27.5 Å². The lowest BCUT2D eigenvalue weighted by atomic mass is 10.2. The summed E-state index contributed by atoms with van der Waals surface area (Å²) in [5.74, 6) is -2.60. The summed E-state index contributed by atoms with van der Waals surface area (Å²) < 4.78 is 65.7. The molecule has 0 bridgehead atoms. The third kappa shape index (κ3) is 3.27. The second-order valence-corrected chi connectivity index (χ2v) is 6.05. The van der Waals surface area contributed by atoms with E-state index in [1.165, 1.54) is 6.92 Å². The van der Waals surface area contributed by atoms with Crippen LogP contribution < -0.4 is 10.5 Å². The Morgan fingerprint density at radius 3 is 2.14 bits per heavy atom. The summed E-state index contributed by atoms with van der Waals surface area (Å²) in [7, 11) is -4.15. The van der Waals surface area contributed by atoms with Crippen molar-refractivity contribution in [3.63, 3.8) is 0 Å². The zero-order chi connectivity index (χ0) is 15.8. The smallest absolute Gasteiger partial charge is 0.262 e. The van der Waals surface area contributed by atoms with Crippen LogP contribution in [0, 0.1) is 24.4 Å². The van der Waals surface area contributed by atoms with Gasteiger partial charge in [0.05, 0.1) is 16.3 Å². The summed E-state index contributed by atoms with van der Waals surface area (Å²) in [5, 5.41) is 0. The zero-order valence-electron chi connectivity index (χ0n) is 10.8. The molecule has 0 aliphatic carbocycles. The molecule has 0 amide bonds. The van der Waals surface area contributed by atoms with Crippen molar-refractivity contribution in [2.24, 2.45) is 0 Å². The third-order valence-electron chi connectivity index (χ3n) is 2.70. The molecule has 3 N–H and O–H groups in total. The Hall–Kier alpha value is -2.22. The van der Waals surface area contributed by atoms with Gasteiger partial charge in [0.1, 0.15) is 17.5 Å². The largest absolute Gasteiger partial charge is 0.396 e. The number of hydrogen-bond acceptors (Lipinski definition) is 3. The second kappa shape index (κ2) is 5.28. The van der Waals surface area contributed by atoms with Gasteiger partial charge in [-0.25, -0.2) is 21.6 Å². The Labute approximate surface area is 119 Å². The quantitative estimate of drug-likeness (QED) is 0.855. The van der Waals surface area contributed by atoms with E-state index in [2.05, 4.69) is 0 Å². The van der Waals surface area contributed by atoms with E-state index in [-0.39, 0.29) is 21.8 Å². The molecule has 0 spiro atoms. The molecule has 0 aliphatic rings. The van der Waals surface area contributed by atoms with Crippen LogP contribution in [0.5, 0.6) is 0 Å².